The van der Waals surface area contributed by atoms with Crippen molar-refractivity contribution in [2.24, 2.45) is 0 Å². The number of ether oxygens (including phenoxy) is 1. The van der Waals surface area contributed by atoms with Crippen molar-refractivity contribution in [2.45, 2.75) is 49.7 Å². The van der Waals surface area contributed by atoms with Crippen LogP contribution >= 0.6 is 0 Å². The van der Waals surface area contributed by atoms with E-state index in [2.05, 4.69) is 10.0 Å². The van der Waals surface area contributed by atoms with Gasteiger partial charge in [-0.15, -0.1) is 0 Å². The molecule has 3 rings (SSSR count). The summed E-state index contributed by atoms with van der Waals surface area (Å²) in [5, 5.41) is 3.43. The minimum Gasteiger partial charge on any atom is -0.380 e. The average molecular weight is 310 g/mol. The summed E-state index contributed by atoms with van der Waals surface area (Å²) >= 11 is 0. The minimum atomic E-state index is -3.46. The Morgan fingerprint density at radius 1 is 1.24 bits per heavy atom. The van der Waals surface area contributed by atoms with Crippen LogP contribution < -0.4 is 10.0 Å². The van der Waals surface area contributed by atoms with E-state index < -0.39 is 10.0 Å². The predicted octanol–water partition coefficient (Wildman–Crippen LogP) is 1.31. The van der Waals surface area contributed by atoms with Crippen LogP contribution in [0.2, 0.25) is 0 Å². The average Bonchev–Trinajstić information content (AvgIpc) is 3.14. The maximum absolute atomic E-state index is 12.4. The molecule has 116 valence electrons. The number of aryl methyl sites for hydroxylation is 1. The van der Waals surface area contributed by atoms with E-state index in [1.54, 1.807) is 12.1 Å². The van der Waals surface area contributed by atoms with Crippen LogP contribution in [0.15, 0.2) is 23.1 Å². The number of hydrogen-bond donors (Lipinski definition) is 2. The van der Waals surface area contributed by atoms with Crippen molar-refractivity contribution in [1.29, 1.82) is 0 Å². The molecule has 1 aliphatic heterocycles. The summed E-state index contributed by atoms with van der Waals surface area (Å²) in [4.78, 5) is 0.340. The van der Waals surface area contributed by atoms with Crippen LogP contribution in [0.1, 0.15) is 30.4 Å². The quantitative estimate of drug-likeness (QED) is 0.831. The Labute approximate surface area is 126 Å². The summed E-state index contributed by atoms with van der Waals surface area (Å²) in [6, 6.07) is 5.84. The second kappa shape index (κ2) is 6.04. The Morgan fingerprint density at radius 3 is 2.71 bits per heavy atom. The van der Waals surface area contributed by atoms with Gasteiger partial charge in [-0.25, -0.2) is 13.1 Å². The topological polar surface area (TPSA) is 67.4 Å². The van der Waals surface area contributed by atoms with Crippen molar-refractivity contribution in [3.8, 4) is 0 Å². The van der Waals surface area contributed by atoms with E-state index in [0.717, 1.165) is 24.1 Å². The Balaban J connectivity index is 1.74. The van der Waals surface area contributed by atoms with Gasteiger partial charge in [0.25, 0.3) is 0 Å². The molecule has 1 saturated heterocycles. The SMILES string of the molecule is Cc1ccc(S(=O)(=O)NC2CCOC2)cc1CNC1CC1. The molecule has 2 N–H and O–H groups in total. The first-order chi connectivity index (χ1) is 10.0. The number of benzene rings is 1. The first-order valence-electron chi connectivity index (χ1n) is 7.47. The standard InChI is InChI=1S/C15H22N2O3S/c1-11-2-5-15(8-12(11)9-16-13-3-4-13)21(18,19)17-14-6-7-20-10-14/h2,5,8,13-14,16-17H,3-4,6-7,9-10H2,1H3. The molecule has 1 atom stereocenters. The summed E-state index contributed by atoms with van der Waals surface area (Å²) in [6.07, 6.45) is 3.18. The first kappa shape index (κ1) is 15.0. The van der Waals surface area contributed by atoms with Gasteiger partial charge in [-0.05, 0) is 49.4 Å². The third-order valence-corrected chi connectivity index (χ3v) is 5.56. The Morgan fingerprint density at radius 2 is 2.05 bits per heavy atom. The van der Waals surface area contributed by atoms with E-state index in [0.29, 0.717) is 24.2 Å². The molecule has 0 aromatic heterocycles. The third-order valence-electron chi connectivity index (χ3n) is 4.04. The van der Waals surface area contributed by atoms with Gasteiger partial charge in [0.05, 0.1) is 11.5 Å². The van der Waals surface area contributed by atoms with Crippen LogP contribution in [-0.2, 0) is 21.3 Å². The molecular formula is C15H22N2O3S. The molecule has 2 aliphatic rings. The third kappa shape index (κ3) is 3.83. The lowest BCUT2D eigenvalue weighted by atomic mass is 10.1. The fourth-order valence-electron chi connectivity index (χ4n) is 2.46. The van der Waals surface area contributed by atoms with E-state index in [1.807, 2.05) is 13.0 Å². The fraction of sp³-hybridized carbons (Fsp3) is 0.600. The van der Waals surface area contributed by atoms with Crippen LogP contribution in [0, 0.1) is 6.92 Å². The molecule has 0 spiro atoms. The van der Waals surface area contributed by atoms with E-state index in [1.165, 1.54) is 12.8 Å². The van der Waals surface area contributed by atoms with Crippen molar-refractivity contribution in [3.05, 3.63) is 29.3 Å². The maximum atomic E-state index is 12.4. The van der Waals surface area contributed by atoms with Gasteiger partial charge in [0.2, 0.25) is 10.0 Å². The molecule has 21 heavy (non-hydrogen) atoms. The maximum Gasteiger partial charge on any atom is 0.240 e. The molecule has 1 heterocycles. The predicted molar refractivity (Wildman–Crippen MR) is 80.6 cm³/mol. The highest BCUT2D eigenvalue weighted by molar-refractivity contribution is 7.89. The van der Waals surface area contributed by atoms with Gasteiger partial charge in [-0.1, -0.05) is 6.07 Å². The highest BCUT2D eigenvalue weighted by Gasteiger charge is 2.24. The molecular weight excluding hydrogens is 288 g/mol. The van der Waals surface area contributed by atoms with Crippen molar-refractivity contribution in [3.63, 3.8) is 0 Å². The molecule has 1 aromatic carbocycles. The zero-order chi connectivity index (χ0) is 14.9. The lowest BCUT2D eigenvalue weighted by Crippen LogP contribution is -2.35. The minimum absolute atomic E-state index is 0.107. The lowest BCUT2D eigenvalue weighted by molar-refractivity contribution is 0.192. The Kier molecular flexibility index (Phi) is 4.31. The van der Waals surface area contributed by atoms with Gasteiger partial charge in [0, 0.05) is 25.2 Å². The Hall–Kier alpha value is -0.950. The van der Waals surface area contributed by atoms with Crippen molar-refractivity contribution in [2.75, 3.05) is 13.2 Å². The normalized spacial score (nSPS) is 22.6. The van der Waals surface area contributed by atoms with Gasteiger partial charge in [0.1, 0.15) is 0 Å². The largest absolute Gasteiger partial charge is 0.380 e. The van der Waals surface area contributed by atoms with E-state index >= 15 is 0 Å². The highest BCUT2D eigenvalue weighted by Crippen LogP contribution is 2.21. The molecule has 1 aliphatic carbocycles. The number of rotatable bonds is 6. The molecule has 6 heteroatoms. The summed E-state index contributed by atoms with van der Waals surface area (Å²) in [5.41, 5.74) is 2.17. The molecule has 5 nitrogen and oxygen atoms in total. The zero-order valence-corrected chi connectivity index (χ0v) is 13.1. The second-order valence-electron chi connectivity index (χ2n) is 5.93. The highest BCUT2D eigenvalue weighted by atomic mass is 32.2. The molecule has 0 bridgehead atoms. The molecule has 0 radical (unpaired) electrons. The fourth-order valence-corrected chi connectivity index (χ4v) is 3.77. The molecule has 2 fully saturated rings. The molecule has 0 amide bonds. The van der Waals surface area contributed by atoms with Crippen LogP contribution in [-0.4, -0.2) is 33.7 Å². The summed E-state index contributed by atoms with van der Waals surface area (Å²) < 4.78 is 32.8. The van der Waals surface area contributed by atoms with Gasteiger partial charge in [0.15, 0.2) is 0 Å². The summed E-state index contributed by atoms with van der Waals surface area (Å²) in [5.74, 6) is 0. The van der Waals surface area contributed by atoms with Gasteiger partial charge in [-0.3, -0.25) is 0 Å². The van der Waals surface area contributed by atoms with Crippen LogP contribution in [0.3, 0.4) is 0 Å². The van der Waals surface area contributed by atoms with Crippen molar-refractivity contribution >= 4 is 10.0 Å². The summed E-state index contributed by atoms with van der Waals surface area (Å²) in [7, 11) is -3.46. The van der Waals surface area contributed by atoms with Gasteiger partial charge >= 0.3 is 0 Å². The van der Waals surface area contributed by atoms with Gasteiger partial charge in [-0.2, -0.15) is 0 Å². The van der Waals surface area contributed by atoms with E-state index in [9.17, 15) is 8.42 Å². The van der Waals surface area contributed by atoms with E-state index in [4.69, 9.17) is 4.74 Å². The molecule has 1 aromatic rings. The smallest absolute Gasteiger partial charge is 0.240 e. The monoisotopic (exact) mass is 310 g/mol. The Bertz CT molecular complexity index is 605. The molecule has 1 saturated carbocycles. The van der Waals surface area contributed by atoms with E-state index in [-0.39, 0.29) is 6.04 Å². The van der Waals surface area contributed by atoms with Gasteiger partial charge < -0.3 is 10.1 Å². The second-order valence-corrected chi connectivity index (χ2v) is 7.64. The van der Waals surface area contributed by atoms with Crippen LogP contribution in [0.25, 0.3) is 0 Å². The van der Waals surface area contributed by atoms with Crippen LogP contribution in [0.5, 0.6) is 0 Å². The van der Waals surface area contributed by atoms with Crippen molar-refractivity contribution < 1.29 is 13.2 Å². The van der Waals surface area contributed by atoms with Crippen molar-refractivity contribution in [1.82, 2.24) is 10.0 Å². The molecule has 1 unspecified atom stereocenters. The zero-order valence-electron chi connectivity index (χ0n) is 12.3. The lowest BCUT2D eigenvalue weighted by Gasteiger charge is -2.14. The first-order valence-corrected chi connectivity index (χ1v) is 8.96. The van der Waals surface area contributed by atoms with Crippen LogP contribution in [0.4, 0.5) is 0 Å². The number of nitrogens with one attached hydrogen (secondary N) is 2. The number of hydrogen-bond acceptors (Lipinski definition) is 4. The summed E-state index contributed by atoms with van der Waals surface area (Å²) in [6.45, 7) is 3.82. The number of sulfonamides is 1.